The highest BCUT2D eigenvalue weighted by Gasteiger charge is 2.25. The Balaban J connectivity index is 1.47. The van der Waals surface area contributed by atoms with Gasteiger partial charge in [-0.15, -0.1) is 0 Å². The standard InChI is InChI=1S/C31H33NO3/c1-3-34-31(33)30-29(24-15-6-4-12-22(24)2)26-17-8-9-18-27(26)32(30)20-11-21-35-28-19-10-14-23-13-5-7-16-25(23)28/h4,6,8-10,12,14-15,17-19H,3,5,7,11,13,16,20-21H2,1-2H3. The van der Waals surface area contributed by atoms with Crippen molar-refractivity contribution in [3.05, 3.63) is 89.1 Å². The van der Waals surface area contributed by atoms with Crippen molar-refractivity contribution in [2.75, 3.05) is 13.2 Å². The van der Waals surface area contributed by atoms with Gasteiger partial charge in [0.15, 0.2) is 0 Å². The molecule has 0 unspecified atom stereocenters. The zero-order valence-corrected chi connectivity index (χ0v) is 20.7. The number of ether oxygens (including phenoxy) is 2. The zero-order chi connectivity index (χ0) is 24.2. The van der Waals surface area contributed by atoms with Crippen LogP contribution in [0.3, 0.4) is 0 Å². The van der Waals surface area contributed by atoms with Crippen molar-refractivity contribution in [1.82, 2.24) is 4.57 Å². The topological polar surface area (TPSA) is 40.5 Å². The minimum atomic E-state index is -0.278. The summed E-state index contributed by atoms with van der Waals surface area (Å²) in [4.78, 5) is 13.3. The van der Waals surface area contributed by atoms with Crippen molar-refractivity contribution in [3.63, 3.8) is 0 Å². The summed E-state index contributed by atoms with van der Waals surface area (Å²) in [6.45, 7) is 5.56. The molecule has 4 aromatic rings. The van der Waals surface area contributed by atoms with E-state index in [0.29, 0.717) is 25.5 Å². The summed E-state index contributed by atoms with van der Waals surface area (Å²) >= 11 is 0. The molecule has 1 aliphatic carbocycles. The Morgan fingerprint density at radius 2 is 1.74 bits per heavy atom. The van der Waals surface area contributed by atoms with Crippen LogP contribution in [-0.2, 0) is 24.1 Å². The lowest BCUT2D eigenvalue weighted by Gasteiger charge is -2.19. The Labute approximate surface area is 207 Å². The van der Waals surface area contributed by atoms with E-state index in [4.69, 9.17) is 9.47 Å². The molecule has 0 atom stereocenters. The van der Waals surface area contributed by atoms with Gasteiger partial charge in [0.05, 0.1) is 13.2 Å². The third-order valence-electron chi connectivity index (χ3n) is 6.99. The molecular weight excluding hydrogens is 434 g/mol. The average Bonchev–Trinajstić information content (AvgIpc) is 3.21. The molecule has 35 heavy (non-hydrogen) atoms. The van der Waals surface area contributed by atoms with Crippen molar-refractivity contribution >= 4 is 16.9 Å². The molecule has 0 bridgehead atoms. The van der Waals surface area contributed by atoms with Crippen LogP contribution in [0.1, 0.15) is 53.4 Å². The number of rotatable bonds is 8. The van der Waals surface area contributed by atoms with Crippen LogP contribution in [-0.4, -0.2) is 23.8 Å². The smallest absolute Gasteiger partial charge is 0.355 e. The van der Waals surface area contributed by atoms with Crippen molar-refractivity contribution < 1.29 is 14.3 Å². The summed E-state index contributed by atoms with van der Waals surface area (Å²) in [6.07, 6.45) is 5.53. The Morgan fingerprint density at radius 1 is 0.943 bits per heavy atom. The summed E-state index contributed by atoms with van der Waals surface area (Å²) in [5.74, 6) is 0.741. The lowest BCUT2D eigenvalue weighted by Crippen LogP contribution is -2.15. The minimum absolute atomic E-state index is 0.278. The minimum Gasteiger partial charge on any atom is -0.493 e. The number of fused-ring (bicyclic) bond motifs is 2. The number of esters is 1. The summed E-state index contributed by atoms with van der Waals surface area (Å²) in [6, 6.07) is 22.9. The van der Waals surface area contributed by atoms with Gasteiger partial charge in [0.1, 0.15) is 11.4 Å². The van der Waals surface area contributed by atoms with E-state index < -0.39 is 0 Å². The summed E-state index contributed by atoms with van der Waals surface area (Å²) in [5, 5.41) is 1.07. The number of carbonyl (C=O) groups excluding carboxylic acids is 1. The number of hydrogen-bond donors (Lipinski definition) is 0. The first kappa shape index (κ1) is 23.2. The molecule has 1 aliphatic rings. The number of hydrogen-bond acceptors (Lipinski definition) is 3. The fourth-order valence-electron chi connectivity index (χ4n) is 5.36. The number of carbonyl (C=O) groups is 1. The molecule has 0 radical (unpaired) electrons. The second-order valence-corrected chi connectivity index (χ2v) is 9.23. The molecule has 5 rings (SSSR count). The van der Waals surface area contributed by atoms with Crippen LogP contribution < -0.4 is 4.74 Å². The summed E-state index contributed by atoms with van der Waals surface area (Å²) in [5.41, 5.74) is 7.63. The van der Waals surface area contributed by atoms with E-state index in [2.05, 4.69) is 54.0 Å². The van der Waals surface area contributed by atoms with E-state index in [1.54, 1.807) is 0 Å². The van der Waals surface area contributed by atoms with Gasteiger partial charge in [0.25, 0.3) is 0 Å². The number of aromatic nitrogens is 1. The van der Waals surface area contributed by atoms with Gasteiger partial charge in [0.2, 0.25) is 0 Å². The molecule has 0 spiro atoms. The van der Waals surface area contributed by atoms with Gasteiger partial charge in [0, 0.05) is 23.0 Å². The largest absolute Gasteiger partial charge is 0.493 e. The molecule has 4 nitrogen and oxygen atoms in total. The lowest BCUT2D eigenvalue weighted by molar-refractivity contribution is 0.0515. The number of nitrogens with zero attached hydrogens (tertiary/aromatic N) is 1. The van der Waals surface area contributed by atoms with E-state index in [0.717, 1.165) is 52.6 Å². The van der Waals surface area contributed by atoms with Crippen LogP contribution in [0.4, 0.5) is 0 Å². The van der Waals surface area contributed by atoms with Gasteiger partial charge < -0.3 is 14.0 Å². The Hall–Kier alpha value is -3.53. The molecule has 1 heterocycles. The maximum atomic E-state index is 13.3. The predicted octanol–water partition coefficient (Wildman–Crippen LogP) is 7.14. The Morgan fingerprint density at radius 3 is 2.60 bits per heavy atom. The molecule has 0 N–H and O–H groups in total. The molecule has 0 aliphatic heterocycles. The molecule has 0 saturated heterocycles. The van der Waals surface area contributed by atoms with Crippen LogP contribution in [0.15, 0.2) is 66.7 Å². The van der Waals surface area contributed by atoms with E-state index in [9.17, 15) is 4.79 Å². The first-order valence-electron chi connectivity index (χ1n) is 12.8. The summed E-state index contributed by atoms with van der Waals surface area (Å²) in [7, 11) is 0. The van der Waals surface area contributed by atoms with E-state index >= 15 is 0 Å². The highest BCUT2D eigenvalue weighted by Crippen LogP contribution is 2.37. The van der Waals surface area contributed by atoms with E-state index in [1.165, 1.54) is 24.0 Å². The van der Waals surface area contributed by atoms with Gasteiger partial charge in [-0.25, -0.2) is 4.79 Å². The second kappa shape index (κ2) is 10.4. The summed E-state index contributed by atoms with van der Waals surface area (Å²) < 4.78 is 13.9. The first-order chi connectivity index (χ1) is 17.2. The third-order valence-corrected chi connectivity index (χ3v) is 6.99. The first-order valence-corrected chi connectivity index (χ1v) is 12.8. The fourth-order valence-corrected chi connectivity index (χ4v) is 5.36. The van der Waals surface area contributed by atoms with Crippen LogP contribution in [0.25, 0.3) is 22.0 Å². The normalized spacial score (nSPS) is 13.0. The van der Waals surface area contributed by atoms with Crippen molar-refractivity contribution in [2.24, 2.45) is 0 Å². The Bertz CT molecular complexity index is 1350. The van der Waals surface area contributed by atoms with Crippen molar-refractivity contribution in [3.8, 4) is 16.9 Å². The predicted molar refractivity (Wildman–Crippen MR) is 141 cm³/mol. The lowest BCUT2D eigenvalue weighted by atomic mass is 9.91. The number of para-hydroxylation sites is 1. The molecule has 0 fully saturated rings. The third kappa shape index (κ3) is 4.58. The molecule has 0 amide bonds. The van der Waals surface area contributed by atoms with Gasteiger partial charge in [-0.05, 0) is 80.3 Å². The second-order valence-electron chi connectivity index (χ2n) is 9.23. The molecule has 4 heteroatoms. The van der Waals surface area contributed by atoms with Crippen LogP contribution in [0, 0.1) is 6.92 Å². The van der Waals surface area contributed by atoms with Gasteiger partial charge in [-0.2, -0.15) is 0 Å². The highest BCUT2D eigenvalue weighted by atomic mass is 16.5. The molecule has 0 saturated carbocycles. The van der Waals surface area contributed by atoms with Gasteiger partial charge >= 0.3 is 5.97 Å². The maximum Gasteiger partial charge on any atom is 0.355 e. The van der Waals surface area contributed by atoms with Crippen molar-refractivity contribution in [1.29, 1.82) is 0 Å². The maximum absolute atomic E-state index is 13.3. The van der Waals surface area contributed by atoms with Crippen molar-refractivity contribution in [2.45, 2.75) is 52.5 Å². The number of benzene rings is 3. The molecular formula is C31H33NO3. The van der Waals surface area contributed by atoms with E-state index in [1.807, 2.05) is 31.2 Å². The van der Waals surface area contributed by atoms with Crippen LogP contribution >= 0.6 is 0 Å². The Kier molecular flexibility index (Phi) is 6.89. The quantitative estimate of drug-likeness (QED) is 0.204. The highest BCUT2D eigenvalue weighted by molar-refractivity contribution is 6.09. The molecule has 3 aromatic carbocycles. The SMILES string of the molecule is CCOC(=O)c1c(-c2ccccc2C)c2ccccc2n1CCCOc1cccc2c1CCCC2. The van der Waals surface area contributed by atoms with E-state index in [-0.39, 0.29) is 5.97 Å². The zero-order valence-electron chi connectivity index (χ0n) is 20.7. The van der Waals surface area contributed by atoms with Gasteiger partial charge in [-0.3, -0.25) is 0 Å². The van der Waals surface area contributed by atoms with Crippen LogP contribution in [0.2, 0.25) is 0 Å². The van der Waals surface area contributed by atoms with Gasteiger partial charge in [-0.1, -0.05) is 54.6 Å². The fraction of sp³-hybridized carbons (Fsp3) is 0.323. The average molecular weight is 468 g/mol. The molecule has 180 valence electrons. The molecule has 1 aromatic heterocycles. The monoisotopic (exact) mass is 467 g/mol. The van der Waals surface area contributed by atoms with Crippen LogP contribution in [0.5, 0.6) is 5.75 Å². The number of aryl methyl sites for hydroxylation is 3.